The molecule has 1 aromatic carbocycles. The molecule has 0 atom stereocenters. The van der Waals surface area contributed by atoms with E-state index in [2.05, 4.69) is 25.5 Å². The van der Waals surface area contributed by atoms with E-state index in [1.165, 1.54) is 4.68 Å². The summed E-state index contributed by atoms with van der Waals surface area (Å²) in [6.45, 7) is 1.92. The van der Waals surface area contributed by atoms with Crippen molar-refractivity contribution >= 4 is 18.4 Å². The number of para-hydroxylation sites is 1. The highest BCUT2D eigenvalue weighted by molar-refractivity contribution is 7.71. The predicted octanol–water partition coefficient (Wildman–Crippen LogP) is 2.53. The van der Waals surface area contributed by atoms with Crippen molar-refractivity contribution in [1.29, 1.82) is 0 Å². The van der Waals surface area contributed by atoms with Gasteiger partial charge in [0.25, 0.3) is 0 Å². The van der Waals surface area contributed by atoms with Crippen molar-refractivity contribution in [3.05, 3.63) is 46.4 Å². The Morgan fingerprint density at radius 1 is 1.27 bits per heavy atom. The van der Waals surface area contributed by atoms with Gasteiger partial charge in [0.2, 0.25) is 10.6 Å². The molecule has 0 aliphatic carbocycles. The molecule has 22 heavy (non-hydrogen) atoms. The second-order valence-electron chi connectivity index (χ2n) is 4.59. The van der Waals surface area contributed by atoms with Crippen molar-refractivity contribution in [2.24, 2.45) is 5.10 Å². The van der Waals surface area contributed by atoms with Gasteiger partial charge < -0.3 is 4.74 Å². The fourth-order valence-electron chi connectivity index (χ4n) is 1.99. The van der Waals surface area contributed by atoms with Gasteiger partial charge in [0, 0.05) is 11.3 Å². The summed E-state index contributed by atoms with van der Waals surface area (Å²) >= 11 is 5.22. The minimum absolute atomic E-state index is 0.391. The number of ether oxygens (including phenoxy) is 1. The number of aromatic amines is 2. The first-order valence-electron chi connectivity index (χ1n) is 6.56. The molecule has 3 rings (SSSR count). The van der Waals surface area contributed by atoms with E-state index in [-0.39, 0.29) is 0 Å². The van der Waals surface area contributed by atoms with E-state index in [4.69, 9.17) is 17.0 Å². The molecule has 0 radical (unpaired) electrons. The molecule has 0 aliphatic rings. The molecule has 112 valence electrons. The van der Waals surface area contributed by atoms with Crippen LogP contribution in [0.1, 0.15) is 11.3 Å². The fraction of sp³-hybridized carbons (Fsp3) is 0.143. The van der Waals surface area contributed by atoms with Gasteiger partial charge in [-0.2, -0.15) is 20.0 Å². The van der Waals surface area contributed by atoms with Gasteiger partial charge >= 0.3 is 0 Å². The van der Waals surface area contributed by atoms with Crippen LogP contribution in [0.4, 0.5) is 0 Å². The van der Waals surface area contributed by atoms with E-state index < -0.39 is 0 Å². The molecule has 0 fully saturated rings. The zero-order chi connectivity index (χ0) is 15.5. The van der Waals surface area contributed by atoms with Crippen molar-refractivity contribution in [2.45, 2.75) is 6.92 Å². The van der Waals surface area contributed by atoms with Crippen molar-refractivity contribution < 1.29 is 4.74 Å². The minimum atomic E-state index is 0.391. The maximum atomic E-state index is 5.30. The Hall–Kier alpha value is -2.74. The average Bonchev–Trinajstić information content (AvgIpc) is 3.11. The third kappa shape index (κ3) is 2.68. The Morgan fingerprint density at radius 3 is 2.82 bits per heavy atom. The highest BCUT2D eigenvalue weighted by atomic mass is 32.1. The average molecular weight is 314 g/mol. The molecule has 2 heterocycles. The maximum Gasteiger partial charge on any atom is 0.216 e. The summed E-state index contributed by atoms with van der Waals surface area (Å²) in [7, 11) is 1.62. The number of hydrogen-bond acceptors (Lipinski definition) is 5. The zero-order valence-electron chi connectivity index (χ0n) is 12.1. The molecule has 0 amide bonds. The lowest BCUT2D eigenvalue weighted by atomic mass is 10.2. The Morgan fingerprint density at radius 2 is 2.09 bits per heavy atom. The van der Waals surface area contributed by atoms with Gasteiger partial charge in [-0.25, -0.2) is 5.10 Å². The molecule has 2 N–H and O–H groups in total. The third-order valence-electron chi connectivity index (χ3n) is 3.04. The minimum Gasteiger partial charge on any atom is -0.496 e. The lowest BCUT2D eigenvalue weighted by Crippen LogP contribution is -1.96. The SMILES string of the molecule is COc1ccccc1/C=N/n1c(-c2cc(C)[nH]n2)n[nH]c1=S. The Balaban J connectivity index is 2.01. The molecular formula is C14H14N6OS. The highest BCUT2D eigenvalue weighted by Gasteiger charge is 2.11. The van der Waals surface area contributed by atoms with Gasteiger partial charge in [0.1, 0.15) is 11.4 Å². The first kappa shape index (κ1) is 14.2. The molecule has 0 unspecified atom stereocenters. The van der Waals surface area contributed by atoms with Crippen LogP contribution >= 0.6 is 12.2 Å². The van der Waals surface area contributed by atoms with E-state index in [1.54, 1.807) is 13.3 Å². The summed E-state index contributed by atoms with van der Waals surface area (Å²) in [4.78, 5) is 0. The number of aryl methyl sites for hydroxylation is 1. The summed E-state index contributed by atoms with van der Waals surface area (Å²) in [5.74, 6) is 1.28. The number of H-pyrrole nitrogens is 2. The molecule has 0 saturated carbocycles. The Kier molecular flexibility index (Phi) is 3.84. The van der Waals surface area contributed by atoms with E-state index in [9.17, 15) is 0 Å². The van der Waals surface area contributed by atoms with E-state index >= 15 is 0 Å². The first-order valence-corrected chi connectivity index (χ1v) is 6.97. The number of nitrogens with one attached hydrogen (secondary N) is 2. The molecule has 8 heteroatoms. The molecule has 0 bridgehead atoms. The van der Waals surface area contributed by atoms with Gasteiger partial charge in [-0.05, 0) is 37.3 Å². The highest BCUT2D eigenvalue weighted by Crippen LogP contribution is 2.17. The summed E-state index contributed by atoms with van der Waals surface area (Å²) in [6.07, 6.45) is 1.67. The van der Waals surface area contributed by atoms with Gasteiger partial charge in [0.05, 0.1) is 13.3 Å². The van der Waals surface area contributed by atoms with Crippen LogP contribution in [0.2, 0.25) is 0 Å². The molecule has 0 aliphatic heterocycles. The zero-order valence-corrected chi connectivity index (χ0v) is 12.9. The number of rotatable bonds is 4. The lowest BCUT2D eigenvalue weighted by Gasteiger charge is -2.03. The fourth-order valence-corrected chi connectivity index (χ4v) is 2.17. The van der Waals surface area contributed by atoms with Gasteiger partial charge in [-0.3, -0.25) is 5.10 Å². The number of nitrogens with zero attached hydrogens (tertiary/aromatic N) is 4. The molecular weight excluding hydrogens is 300 g/mol. The van der Waals surface area contributed by atoms with Crippen LogP contribution in [-0.4, -0.2) is 38.4 Å². The van der Waals surface area contributed by atoms with E-state index in [0.717, 1.165) is 17.0 Å². The van der Waals surface area contributed by atoms with Crippen LogP contribution in [0, 0.1) is 11.7 Å². The van der Waals surface area contributed by atoms with Gasteiger partial charge in [-0.1, -0.05) is 12.1 Å². The smallest absolute Gasteiger partial charge is 0.216 e. The second-order valence-corrected chi connectivity index (χ2v) is 4.97. The predicted molar refractivity (Wildman–Crippen MR) is 85.7 cm³/mol. The van der Waals surface area contributed by atoms with Crippen LogP contribution in [0.15, 0.2) is 35.4 Å². The lowest BCUT2D eigenvalue weighted by molar-refractivity contribution is 0.414. The number of benzene rings is 1. The van der Waals surface area contributed by atoms with E-state index in [0.29, 0.717) is 16.3 Å². The van der Waals surface area contributed by atoms with Crippen LogP contribution in [0.3, 0.4) is 0 Å². The Bertz CT molecular complexity index is 875. The maximum absolute atomic E-state index is 5.30. The van der Waals surface area contributed by atoms with Crippen LogP contribution in [-0.2, 0) is 0 Å². The second kappa shape index (κ2) is 5.94. The topological polar surface area (TPSA) is 83.9 Å². The molecule has 0 spiro atoms. The van der Waals surface area contributed by atoms with Crippen LogP contribution in [0.5, 0.6) is 5.75 Å². The van der Waals surface area contributed by atoms with Crippen molar-refractivity contribution in [2.75, 3.05) is 7.11 Å². The Labute approximate surface area is 131 Å². The summed E-state index contributed by atoms with van der Waals surface area (Å²) in [6, 6.07) is 9.46. The summed E-state index contributed by atoms with van der Waals surface area (Å²) in [5, 5.41) is 18.3. The monoisotopic (exact) mass is 314 g/mol. The van der Waals surface area contributed by atoms with Crippen LogP contribution in [0.25, 0.3) is 11.5 Å². The quantitative estimate of drug-likeness (QED) is 0.572. The normalized spacial score (nSPS) is 11.2. The number of methoxy groups -OCH3 is 1. The largest absolute Gasteiger partial charge is 0.496 e. The molecule has 0 saturated heterocycles. The summed E-state index contributed by atoms with van der Waals surface area (Å²) < 4.78 is 7.21. The van der Waals surface area contributed by atoms with Crippen molar-refractivity contribution in [1.82, 2.24) is 25.1 Å². The first-order chi connectivity index (χ1) is 10.7. The number of hydrogen-bond donors (Lipinski definition) is 2. The van der Waals surface area contributed by atoms with Crippen LogP contribution < -0.4 is 4.74 Å². The third-order valence-corrected chi connectivity index (χ3v) is 3.30. The van der Waals surface area contributed by atoms with Gasteiger partial charge in [0.15, 0.2) is 0 Å². The molecule has 2 aromatic heterocycles. The summed E-state index contributed by atoms with van der Waals surface area (Å²) in [5.41, 5.74) is 2.45. The number of aromatic nitrogens is 5. The molecule has 3 aromatic rings. The van der Waals surface area contributed by atoms with Crippen molar-refractivity contribution in [3.8, 4) is 17.3 Å². The van der Waals surface area contributed by atoms with E-state index in [1.807, 2.05) is 37.3 Å². The van der Waals surface area contributed by atoms with Crippen molar-refractivity contribution in [3.63, 3.8) is 0 Å². The van der Waals surface area contributed by atoms with Gasteiger partial charge in [-0.15, -0.1) is 0 Å². The molecule has 7 nitrogen and oxygen atoms in total. The standard InChI is InChI=1S/C14H14N6OS/c1-9-7-11(17-16-9)13-18-19-14(22)20(13)15-8-10-5-3-4-6-12(10)21-2/h3-8H,1-2H3,(H,16,17)(H,19,22)/b15-8+.